The summed E-state index contributed by atoms with van der Waals surface area (Å²) in [6, 6.07) is 0. The average Bonchev–Trinajstić information content (AvgIpc) is 2.74. The number of nitrogens with zero attached hydrogens (tertiary/aromatic N) is 1. The lowest BCUT2D eigenvalue weighted by Gasteiger charge is -2.32. The SMILES string of the molecule is C=C(C)C1CCCCC1C(=O)N1CCOC1=O. The number of hydrogen-bond donors (Lipinski definition) is 0. The normalized spacial score (nSPS) is 29.0. The van der Waals surface area contributed by atoms with Crippen molar-refractivity contribution >= 4 is 12.0 Å². The Morgan fingerprint density at radius 1 is 1.35 bits per heavy atom. The van der Waals surface area contributed by atoms with Crippen LogP contribution in [0.3, 0.4) is 0 Å². The van der Waals surface area contributed by atoms with E-state index in [9.17, 15) is 9.59 Å². The monoisotopic (exact) mass is 237 g/mol. The maximum atomic E-state index is 12.3. The third-order valence-corrected chi connectivity index (χ3v) is 3.74. The van der Waals surface area contributed by atoms with Crippen molar-refractivity contribution in [2.45, 2.75) is 32.6 Å². The summed E-state index contributed by atoms with van der Waals surface area (Å²) in [6.07, 6.45) is 3.59. The lowest BCUT2D eigenvalue weighted by molar-refractivity contribution is -0.134. The molecule has 2 rings (SSSR count). The van der Waals surface area contributed by atoms with Crippen LogP contribution in [0.4, 0.5) is 4.79 Å². The molecular formula is C13H19NO3. The van der Waals surface area contributed by atoms with Gasteiger partial charge in [-0.05, 0) is 25.7 Å². The molecule has 1 heterocycles. The molecule has 1 saturated carbocycles. The van der Waals surface area contributed by atoms with Crippen LogP contribution < -0.4 is 0 Å². The lowest BCUT2D eigenvalue weighted by Crippen LogP contribution is -2.41. The second-order valence-corrected chi connectivity index (χ2v) is 4.95. The second-order valence-electron chi connectivity index (χ2n) is 4.95. The molecule has 0 N–H and O–H groups in total. The van der Waals surface area contributed by atoms with Gasteiger partial charge < -0.3 is 4.74 Å². The van der Waals surface area contributed by atoms with Crippen LogP contribution in [-0.2, 0) is 9.53 Å². The van der Waals surface area contributed by atoms with Crippen LogP contribution in [0, 0.1) is 11.8 Å². The van der Waals surface area contributed by atoms with Crippen molar-refractivity contribution in [1.29, 1.82) is 0 Å². The summed E-state index contributed by atoms with van der Waals surface area (Å²) in [7, 11) is 0. The molecule has 17 heavy (non-hydrogen) atoms. The van der Waals surface area contributed by atoms with Crippen molar-refractivity contribution in [1.82, 2.24) is 4.90 Å². The van der Waals surface area contributed by atoms with E-state index < -0.39 is 6.09 Å². The molecule has 2 amide bonds. The molecule has 2 fully saturated rings. The van der Waals surface area contributed by atoms with Gasteiger partial charge >= 0.3 is 6.09 Å². The van der Waals surface area contributed by atoms with Gasteiger partial charge in [0, 0.05) is 5.92 Å². The van der Waals surface area contributed by atoms with E-state index in [1.807, 2.05) is 6.92 Å². The Balaban J connectivity index is 2.10. The molecule has 1 aliphatic carbocycles. The van der Waals surface area contributed by atoms with E-state index >= 15 is 0 Å². The van der Waals surface area contributed by atoms with Gasteiger partial charge in [-0.25, -0.2) is 9.69 Å². The Hall–Kier alpha value is -1.32. The smallest absolute Gasteiger partial charge is 0.416 e. The van der Waals surface area contributed by atoms with E-state index in [2.05, 4.69) is 6.58 Å². The summed E-state index contributed by atoms with van der Waals surface area (Å²) >= 11 is 0. The molecule has 0 aromatic rings. The molecular weight excluding hydrogens is 218 g/mol. The minimum absolute atomic E-state index is 0.0693. The van der Waals surface area contributed by atoms with Gasteiger partial charge in [0.25, 0.3) is 0 Å². The zero-order chi connectivity index (χ0) is 12.4. The van der Waals surface area contributed by atoms with E-state index in [-0.39, 0.29) is 17.7 Å². The molecule has 0 radical (unpaired) electrons. The lowest BCUT2D eigenvalue weighted by atomic mass is 9.75. The quantitative estimate of drug-likeness (QED) is 0.692. The Bertz CT molecular complexity index is 351. The fraction of sp³-hybridized carbons (Fsp3) is 0.692. The molecule has 1 aliphatic heterocycles. The number of carbonyl (C=O) groups is 2. The maximum Gasteiger partial charge on any atom is 0.416 e. The number of amides is 2. The van der Waals surface area contributed by atoms with E-state index in [0.717, 1.165) is 31.3 Å². The molecule has 4 heteroatoms. The van der Waals surface area contributed by atoms with E-state index in [1.54, 1.807) is 0 Å². The number of cyclic esters (lactones) is 1. The summed E-state index contributed by atoms with van der Waals surface area (Å²) in [5.41, 5.74) is 1.05. The van der Waals surface area contributed by atoms with Crippen molar-refractivity contribution in [2.24, 2.45) is 11.8 Å². The van der Waals surface area contributed by atoms with Crippen LogP contribution in [0.1, 0.15) is 32.6 Å². The molecule has 0 spiro atoms. The summed E-state index contributed by atoms with van der Waals surface area (Å²) in [5.74, 6) is 0.0803. The van der Waals surface area contributed by atoms with Gasteiger partial charge in [-0.15, -0.1) is 0 Å². The molecule has 2 unspecified atom stereocenters. The first kappa shape index (κ1) is 12.1. The molecule has 0 aromatic carbocycles. The third kappa shape index (κ3) is 2.35. The number of ether oxygens (including phenoxy) is 1. The highest BCUT2D eigenvalue weighted by molar-refractivity contribution is 5.94. The summed E-state index contributed by atoms with van der Waals surface area (Å²) in [5, 5.41) is 0. The molecule has 2 atom stereocenters. The Morgan fingerprint density at radius 2 is 2.00 bits per heavy atom. The van der Waals surface area contributed by atoms with Crippen molar-refractivity contribution in [3.8, 4) is 0 Å². The third-order valence-electron chi connectivity index (χ3n) is 3.74. The van der Waals surface area contributed by atoms with E-state index in [1.165, 1.54) is 4.90 Å². The first-order valence-electron chi connectivity index (χ1n) is 6.25. The predicted octanol–water partition coefficient (Wildman–Crippen LogP) is 2.35. The minimum atomic E-state index is -0.485. The zero-order valence-electron chi connectivity index (χ0n) is 10.3. The van der Waals surface area contributed by atoms with Crippen molar-refractivity contribution in [3.05, 3.63) is 12.2 Å². The van der Waals surface area contributed by atoms with Crippen LogP contribution in [0.2, 0.25) is 0 Å². The van der Waals surface area contributed by atoms with E-state index in [4.69, 9.17) is 4.74 Å². The zero-order valence-corrected chi connectivity index (χ0v) is 10.3. The molecule has 94 valence electrons. The Labute approximate surface area is 102 Å². The molecule has 4 nitrogen and oxygen atoms in total. The van der Waals surface area contributed by atoms with Crippen LogP contribution in [0.15, 0.2) is 12.2 Å². The van der Waals surface area contributed by atoms with Crippen molar-refractivity contribution in [2.75, 3.05) is 13.2 Å². The highest BCUT2D eigenvalue weighted by Gasteiger charge is 2.38. The van der Waals surface area contributed by atoms with Crippen molar-refractivity contribution < 1.29 is 14.3 Å². The van der Waals surface area contributed by atoms with Crippen LogP contribution in [0.25, 0.3) is 0 Å². The summed E-state index contributed by atoms with van der Waals surface area (Å²) in [4.78, 5) is 25.0. The molecule has 0 bridgehead atoms. The molecule has 0 aromatic heterocycles. The summed E-state index contributed by atoms with van der Waals surface area (Å²) in [6.45, 7) is 6.67. The van der Waals surface area contributed by atoms with E-state index in [0.29, 0.717) is 13.2 Å². The first-order valence-corrected chi connectivity index (χ1v) is 6.25. The summed E-state index contributed by atoms with van der Waals surface area (Å²) < 4.78 is 4.82. The number of allylic oxidation sites excluding steroid dienone is 1. The fourth-order valence-corrected chi connectivity index (χ4v) is 2.81. The minimum Gasteiger partial charge on any atom is -0.447 e. The Kier molecular flexibility index (Phi) is 3.50. The van der Waals surface area contributed by atoms with Gasteiger partial charge in [-0.3, -0.25) is 4.79 Å². The number of rotatable bonds is 2. The van der Waals surface area contributed by atoms with Gasteiger partial charge in [-0.1, -0.05) is 25.0 Å². The number of imide groups is 1. The molecule has 1 saturated heterocycles. The predicted molar refractivity (Wildman–Crippen MR) is 63.3 cm³/mol. The van der Waals surface area contributed by atoms with Crippen LogP contribution in [0.5, 0.6) is 0 Å². The van der Waals surface area contributed by atoms with Gasteiger partial charge in [-0.2, -0.15) is 0 Å². The number of hydrogen-bond acceptors (Lipinski definition) is 3. The largest absolute Gasteiger partial charge is 0.447 e. The van der Waals surface area contributed by atoms with Crippen molar-refractivity contribution in [3.63, 3.8) is 0 Å². The molecule has 2 aliphatic rings. The van der Waals surface area contributed by atoms with Crippen LogP contribution in [-0.4, -0.2) is 30.1 Å². The topological polar surface area (TPSA) is 46.6 Å². The van der Waals surface area contributed by atoms with Gasteiger partial charge in [0.05, 0.1) is 6.54 Å². The highest BCUT2D eigenvalue weighted by atomic mass is 16.6. The fourth-order valence-electron chi connectivity index (χ4n) is 2.81. The Morgan fingerprint density at radius 3 is 2.53 bits per heavy atom. The average molecular weight is 237 g/mol. The van der Waals surface area contributed by atoms with Crippen LogP contribution >= 0.6 is 0 Å². The maximum absolute atomic E-state index is 12.3. The first-order chi connectivity index (χ1) is 8.11. The standard InChI is InChI=1S/C13H19NO3/c1-9(2)10-5-3-4-6-11(10)12(15)14-7-8-17-13(14)16/h10-11H,1,3-8H2,2H3. The second kappa shape index (κ2) is 4.90. The van der Waals surface area contributed by atoms with Gasteiger partial charge in [0.1, 0.15) is 6.61 Å². The highest BCUT2D eigenvalue weighted by Crippen LogP contribution is 2.35. The van der Waals surface area contributed by atoms with Gasteiger partial charge in [0.15, 0.2) is 0 Å². The van der Waals surface area contributed by atoms with Gasteiger partial charge in [0.2, 0.25) is 5.91 Å². The number of carbonyl (C=O) groups excluding carboxylic acids is 2.